The van der Waals surface area contributed by atoms with Crippen LogP contribution >= 0.6 is 31.9 Å². The number of hydrogen-bond acceptors (Lipinski definition) is 4. The molecule has 4 rings (SSSR count). The molecule has 2 aromatic carbocycles. The number of methoxy groups -OCH3 is 2. The maximum atomic E-state index is 5.89. The van der Waals surface area contributed by atoms with E-state index in [1.807, 2.05) is 14.2 Å². The third kappa shape index (κ3) is 6.68. The minimum Gasteiger partial charge on any atom is -0.373 e. The van der Waals surface area contributed by atoms with Crippen molar-refractivity contribution in [2.24, 2.45) is 0 Å². The molecule has 2 heterocycles. The zero-order chi connectivity index (χ0) is 23.9. The Hall–Kier alpha value is -0.760. The van der Waals surface area contributed by atoms with Gasteiger partial charge >= 0.3 is 0 Å². The summed E-state index contributed by atoms with van der Waals surface area (Å²) in [7, 11) is 3.65. The molecule has 33 heavy (non-hydrogen) atoms. The Morgan fingerprint density at radius 3 is 1.48 bits per heavy atom. The van der Waals surface area contributed by atoms with E-state index in [0.29, 0.717) is 6.04 Å². The predicted octanol–water partition coefficient (Wildman–Crippen LogP) is 6.47. The lowest BCUT2D eigenvalue weighted by molar-refractivity contribution is -0.0669. The molecule has 0 saturated carbocycles. The van der Waals surface area contributed by atoms with Crippen LogP contribution in [0.1, 0.15) is 50.7 Å². The van der Waals surface area contributed by atoms with Gasteiger partial charge in [0.2, 0.25) is 0 Å². The number of ether oxygens (including phenoxy) is 2. The highest BCUT2D eigenvalue weighted by Crippen LogP contribution is 2.37. The number of rotatable bonds is 5. The first-order chi connectivity index (χ1) is 15.8. The van der Waals surface area contributed by atoms with E-state index in [4.69, 9.17) is 9.47 Å². The lowest BCUT2D eigenvalue weighted by Gasteiger charge is -2.42. The van der Waals surface area contributed by atoms with E-state index in [-0.39, 0.29) is 11.2 Å². The zero-order valence-electron chi connectivity index (χ0n) is 20.4. The van der Waals surface area contributed by atoms with Crippen molar-refractivity contribution in [1.29, 1.82) is 0 Å². The maximum absolute atomic E-state index is 5.89. The van der Waals surface area contributed by atoms with E-state index < -0.39 is 0 Å². The second-order valence-corrected chi connectivity index (χ2v) is 11.1. The van der Waals surface area contributed by atoms with Crippen molar-refractivity contribution in [3.05, 3.63) is 68.6 Å². The fourth-order valence-corrected chi connectivity index (χ4v) is 5.49. The van der Waals surface area contributed by atoms with Crippen LogP contribution in [0.2, 0.25) is 0 Å². The van der Waals surface area contributed by atoms with Crippen LogP contribution in [-0.4, -0.2) is 51.3 Å². The van der Waals surface area contributed by atoms with E-state index >= 15 is 0 Å². The number of piperidine rings is 2. The van der Waals surface area contributed by atoms with Crippen molar-refractivity contribution in [2.75, 3.05) is 40.4 Å². The van der Waals surface area contributed by atoms with E-state index in [0.717, 1.165) is 60.8 Å². The fourth-order valence-electron chi connectivity index (χ4n) is 4.96. The van der Waals surface area contributed by atoms with E-state index in [1.54, 1.807) is 0 Å². The van der Waals surface area contributed by atoms with Crippen LogP contribution in [0, 0.1) is 0 Å². The number of nitrogens with one attached hydrogen (secondary N) is 1. The molecule has 2 aromatic rings. The van der Waals surface area contributed by atoms with Gasteiger partial charge in [0.15, 0.2) is 0 Å². The van der Waals surface area contributed by atoms with Crippen molar-refractivity contribution in [3.63, 3.8) is 0 Å². The topological polar surface area (TPSA) is 33.7 Å². The summed E-state index contributed by atoms with van der Waals surface area (Å²) in [5.74, 6) is 0. The van der Waals surface area contributed by atoms with Gasteiger partial charge in [-0.05, 0) is 88.0 Å². The van der Waals surface area contributed by atoms with Crippen molar-refractivity contribution >= 4 is 31.9 Å². The van der Waals surface area contributed by atoms with Gasteiger partial charge in [0, 0.05) is 42.3 Å². The molecule has 0 amide bonds. The highest BCUT2D eigenvalue weighted by atomic mass is 79.9. The molecular formula is C27H38Br2N2O2. The third-order valence-corrected chi connectivity index (χ3v) is 8.33. The van der Waals surface area contributed by atoms with Crippen LogP contribution in [0.15, 0.2) is 57.5 Å². The summed E-state index contributed by atoms with van der Waals surface area (Å²) in [6.07, 6.45) is 4.24. The smallest absolute Gasteiger partial charge is 0.0951 e. The van der Waals surface area contributed by atoms with Crippen LogP contribution in [-0.2, 0) is 20.7 Å². The Morgan fingerprint density at radius 2 is 1.12 bits per heavy atom. The minimum atomic E-state index is -0.0912. The quantitative estimate of drug-likeness (QED) is 0.439. The van der Waals surface area contributed by atoms with E-state index in [9.17, 15) is 0 Å². The molecule has 2 aliphatic heterocycles. The Morgan fingerprint density at radius 1 is 0.727 bits per heavy atom. The molecule has 0 bridgehead atoms. The van der Waals surface area contributed by atoms with Gasteiger partial charge < -0.3 is 19.7 Å². The van der Waals surface area contributed by atoms with Gasteiger partial charge in [-0.25, -0.2) is 0 Å². The van der Waals surface area contributed by atoms with Gasteiger partial charge in [-0.2, -0.15) is 0 Å². The summed E-state index contributed by atoms with van der Waals surface area (Å²) in [5, 5.41) is 3.37. The Labute approximate surface area is 216 Å². The van der Waals surface area contributed by atoms with Crippen molar-refractivity contribution in [1.82, 2.24) is 10.2 Å². The number of likely N-dealkylation sites (tertiary alicyclic amines) is 1. The molecule has 182 valence electrons. The molecule has 0 unspecified atom stereocenters. The first-order valence-corrected chi connectivity index (χ1v) is 13.5. The highest BCUT2D eigenvalue weighted by Gasteiger charge is 2.36. The maximum Gasteiger partial charge on any atom is 0.0951 e. The van der Waals surface area contributed by atoms with Crippen molar-refractivity contribution < 1.29 is 9.47 Å². The van der Waals surface area contributed by atoms with Crippen LogP contribution in [0.25, 0.3) is 0 Å². The summed E-state index contributed by atoms with van der Waals surface area (Å²) in [5.41, 5.74) is 2.42. The van der Waals surface area contributed by atoms with Gasteiger partial charge in [0.25, 0.3) is 0 Å². The van der Waals surface area contributed by atoms with Crippen molar-refractivity contribution in [3.8, 4) is 0 Å². The lowest BCUT2D eigenvalue weighted by Crippen LogP contribution is -2.46. The summed E-state index contributed by atoms with van der Waals surface area (Å²) >= 11 is 6.94. The average molecular weight is 582 g/mol. The molecule has 2 fully saturated rings. The predicted molar refractivity (Wildman–Crippen MR) is 144 cm³/mol. The van der Waals surface area contributed by atoms with Crippen molar-refractivity contribution in [2.45, 2.75) is 56.8 Å². The molecule has 6 heteroatoms. The third-order valence-electron chi connectivity index (χ3n) is 7.27. The van der Waals surface area contributed by atoms with E-state index in [1.165, 1.54) is 11.1 Å². The normalized spacial score (nSPS) is 20.2. The fraction of sp³-hybridized carbons (Fsp3) is 0.556. The molecule has 2 aliphatic rings. The number of halogens is 2. The second-order valence-electron chi connectivity index (χ2n) is 9.29. The Bertz CT molecular complexity index is 841. The van der Waals surface area contributed by atoms with Gasteiger partial charge in [0.05, 0.1) is 11.2 Å². The van der Waals surface area contributed by atoms with Crippen LogP contribution in [0.3, 0.4) is 0 Å². The monoisotopic (exact) mass is 580 g/mol. The number of hydrogen-bond donors (Lipinski definition) is 1. The first-order valence-electron chi connectivity index (χ1n) is 11.9. The van der Waals surface area contributed by atoms with Gasteiger partial charge in [0.1, 0.15) is 0 Å². The van der Waals surface area contributed by atoms with Crippen LogP contribution < -0.4 is 5.32 Å². The van der Waals surface area contributed by atoms with Gasteiger partial charge in [-0.1, -0.05) is 56.1 Å². The molecule has 0 atom stereocenters. The average Bonchev–Trinajstić information content (AvgIpc) is 2.85. The largest absolute Gasteiger partial charge is 0.373 e. The molecule has 1 N–H and O–H groups in total. The molecule has 0 aromatic heterocycles. The molecule has 2 saturated heterocycles. The number of benzene rings is 2. The Kier molecular flexibility index (Phi) is 9.98. The summed E-state index contributed by atoms with van der Waals surface area (Å²) in [6, 6.07) is 17.7. The number of nitrogens with zero attached hydrogens (tertiary/aromatic N) is 1. The summed E-state index contributed by atoms with van der Waals surface area (Å²) < 4.78 is 13.9. The highest BCUT2D eigenvalue weighted by molar-refractivity contribution is 9.10. The van der Waals surface area contributed by atoms with E-state index in [2.05, 4.69) is 104 Å². The van der Waals surface area contributed by atoms with Gasteiger partial charge in [-0.3, -0.25) is 0 Å². The zero-order valence-corrected chi connectivity index (χ0v) is 23.5. The minimum absolute atomic E-state index is 0.0774. The van der Waals surface area contributed by atoms with Crippen LogP contribution in [0.5, 0.6) is 0 Å². The van der Waals surface area contributed by atoms with Crippen LogP contribution in [0.4, 0.5) is 0 Å². The first kappa shape index (κ1) is 26.8. The lowest BCUT2D eigenvalue weighted by atomic mass is 9.84. The molecule has 0 aliphatic carbocycles. The molecule has 0 radical (unpaired) electrons. The second kappa shape index (κ2) is 12.3. The SMILES string of the molecule is COC1(c2ccc(Br)cc2)CCN(C(C)C)CC1.COC1(c2ccc(Br)cc2)CCNCC1. The molecule has 4 nitrogen and oxygen atoms in total. The standard InChI is InChI=1S/C15H22BrNO.C12H16BrNO/c1-12(2)17-10-8-15(18-3,9-11-17)13-4-6-14(16)7-5-13;1-15-12(6-8-14-9-7-12)10-2-4-11(13)5-3-10/h4-7,12H,8-11H2,1-3H3;2-5,14H,6-9H2,1H3. The molecular weight excluding hydrogens is 544 g/mol. The summed E-state index contributed by atoms with van der Waals surface area (Å²) in [6.45, 7) is 8.82. The molecule has 0 spiro atoms. The summed E-state index contributed by atoms with van der Waals surface area (Å²) in [4.78, 5) is 2.52. The Balaban J connectivity index is 0.000000189. The van der Waals surface area contributed by atoms with Gasteiger partial charge in [-0.15, -0.1) is 0 Å².